The molecule has 0 saturated carbocycles. The molecule has 16 heteroatoms. The van der Waals surface area contributed by atoms with E-state index in [0.717, 1.165) is 16.4 Å². The first-order valence-corrected chi connectivity index (χ1v) is 13.4. The molecule has 1 aromatic carbocycles. The standard InChI is InChI=1S/C24H28N6O9S/c1-4-37-22(32)17-14-25-30(2)21(17)40(34,35)29-24(33)28-23-26-18(36-3)13-19(27-23)38-12-8-11-20(31)39-15-16-9-6-5-7-10-16/h5-7,9-10,13-14H,4,8,11-12,15H2,1-3H3,(H2,26,27,28,29,33). The van der Waals surface area contributed by atoms with E-state index in [1.807, 2.05) is 30.3 Å². The zero-order chi connectivity index (χ0) is 29.1. The summed E-state index contributed by atoms with van der Waals surface area (Å²) < 4.78 is 49.0. The van der Waals surface area contributed by atoms with Crippen molar-refractivity contribution in [1.82, 2.24) is 24.5 Å². The number of esters is 2. The van der Waals surface area contributed by atoms with Crippen LogP contribution in [0.2, 0.25) is 0 Å². The quantitative estimate of drug-likeness (QED) is 0.222. The summed E-state index contributed by atoms with van der Waals surface area (Å²) in [5, 5.41) is 5.37. The number of carbonyl (C=O) groups excluding carboxylic acids is 3. The number of carbonyl (C=O) groups is 3. The van der Waals surface area contributed by atoms with Crippen LogP contribution >= 0.6 is 0 Å². The molecule has 2 amide bonds. The average Bonchev–Trinajstić information content (AvgIpc) is 3.32. The van der Waals surface area contributed by atoms with Gasteiger partial charge in [0.25, 0.3) is 10.0 Å². The van der Waals surface area contributed by atoms with Gasteiger partial charge in [0, 0.05) is 13.5 Å². The Labute approximate surface area is 229 Å². The first kappa shape index (κ1) is 29.8. The average molecular weight is 577 g/mol. The van der Waals surface area contributed by atoms with Gasteiger partial charge in [0.1, 0.15) is 12.2 Å². The predicted molar refractivity (Wildman–Crippen MR) is 138 cm³/mol. The third-order valence-electron chi connectivity index (χ3n) is 4.99. The number of methoxy groups -OCH3 is 1. The Balaban J connectivity index is 1.57. The number of hydrogen-bond donors (Lipinski definition) is 2. The highest BCUT2D eigenvalue weighted by molar-refractivity contribution is 7.90. The van der Waals surface area contributed by atoms with Crippen LogP contribution < -0.4 is 19.5 Å². The Morgan fingerprint density at radius 2 is 1.77 bits per heavy atom. The topological polar surface area (TPSA) is 190 Å². The number of sulfonamides is 1. The van der Waals surface area contributed by atoms with Crippen LogP contribution in [0.4, 0.5) is 10.7 Å². The van der Waals surface area contributed by atoms with Crippen molar-refractivity contribution < 1.29 is 41.7 Å². The van der Waals surface area contributed by atoms with Crippen LogP contribution in [0.5, 0.6) is 11.8 Å². The van der Waals surface area contributed by atoms with Gasteiger partial charge in [-0.05, 0) is 18.9 Å². The van der Waals surface area contributed by atoms with Gasteiger partial charge in [-0.2, -0.15) is 23.5 Å². The van der Waals surface area contributed by atoms with Crippen molar-refractivity contribution in [2.45, 2.75) is 31.4 Å². The number of aromatic nitrogens is 4. The monoisotopic (exact) mass is 576 g/mol. The molecule has 0 unspecified atom stereocenters. The van der Waals surface area contributed by atoms with E-state index in [1.165, 1.54) is 20.2 Å². The van der Waals surface area contributed by atoms with Crippen LogP contribution in [0.25, 0.3) is 0 Å². The molecule has 0 spiro atoms. The molecule has 2 N–H and O–H groups in total. The molecule has 0 bridgehead atoms. The molecule has 0 atom stereocenters. The third-order valence-corrected chi connectivity index (χ3v) is 6.44. The smallest absolute Gasteiger partial charge is 0.342 e. The van der Waals surface area contributed by atoms with E-state index in [0.29, 0.717) is 6.42 Å². The van der Waals surface area contributed by atoms with Gasteiger partial charge < -0.3 is 18.9 Å². The molecule has 214 valence electrons. The number of anilines is 1. The number of nitrogens with zero attached hydrogens (tertiary/aromatic N) is 4. The fourth-order valence-electron chi connectivity index (χ4n) is 3.23. The number of ether oxygens (including phenoxy) is 4. The summed E-state index contributed by atoms with van der Waals surface area (Å²) in [5.41, 5.74) is 0.527. The van der Waals surface area contributed by atoms with E-state index in [-0.39, 0.29) is 49.5 Å². The number of nitrogens with one attached hydrogen (secondary N) is 2. The predicted octanol–water partition coefficient (Wildman–Crippen LogP) is 1.81. The number of aryl methyl sites for hydroxylation is 1. The Kier molecular flexibility index (Phi) is 10.4. The van der Waals surface area contributed by atoms with Crippen LogP contribution in [0.3, 0.4) is 0 Å². The summed E-state index contributed by atoms with van der Waals surface area (Å²) in [4.78, 5) is 44.5. The second-order valence-corrected chi connectivity index (χ2v) is 9.54. The normalized spacial score (nSPS) is 10.9. The second-order valence-electron chi connectivity index (χ2n) is 7.94. The zero-order valence-electron chi connectivity index (χ0n) is 21.9. The van der Waals surface area contributed by atoms with E-state index in [2.05, 4.69) is 20.4 Å². The maximum Gasteiger partial charge on any atom is 0.342 e. The second kappa shape index (κ2) is 13.9. The van der Waals surface area contributed by atoms with Gasteiger partial charge in [-0.15, -0.1) is 0 Å². The number of amides is 2. The fourth-order valence-corrected chi connectivity index (χ4v) is 4.45. The van der Waals surface area contributed by atoms with Crippen molar-refractivity contribution in [3.63, 3.8) is 0 Å². The summed E-state index contributed by atoms with van der Waals surface area (Å²) in [6, 6.07) is 9.37. The minimum absolute atomic E-state index is 0.00103. The molecule has 3 rings (SSSR count). The van der Waals surface area contributed by atoms with Gasteiger partial charge in [0.05, 0.1) is 32.6 Å². The molecule has 0 aliphatic carbocycles. The van der Waals surface area contributed by atoms with Gasteiger partial charge in [0.2, 0.25) is 17.7 Å². The molecular weight excluding hydrogens is 548 g/mol. The van der Waals surface area contributed by atoms with Crippen LogP contribution in [0, 0.1) is 0 Å². The highest BCUT2D eigenvalue weighted by Crippen LogP contribution is 2.19. The molecule has 0 aliphatic rings. The first-order chi connectivity index (χ1) is 19.1. The summed E-state index contributed by atoms with van der Waals surface area (Å²) in [6.45, 7) is 1.82. The van der Waals surface area contributed by atoms with Crippen molar-refractivity contribution in [3.05, 3.63) is 53.7 Å². The lowest BCUT2D eigenvalue weighted by atomic mass is 10.2. The van der Waals surface area contributed by atoms with E-state index >= 15 is 0 Å². The number of hydrogen-bond acceptors (Lipinski definition) is 12. The maximum atomic E-state index is 12.8. The van der Waals surface area contributed by atoms with Gasteiger partial charge in [-0.25, -0.2) is 14.3 Å². The Bertz CT molecular complexity index is 1440. The van der Waals surface area contributed by atoms with Crippen molar-refractivity contribution in [2.24, 2.45) is 7.05 Å². The Morgan fingerprint density at radius 3 is 2.48 bits per heavy atom. The fraction of sp³-hybridized carbons (Fsp3) is 0.333. The van der Waals surface area contributed by atoms with Crippen LogP contribution in [-0.4, -0.2) is 66.5 Å². The van der Waals surface area contributed by atoms with E-state index in [4.69, 9.17) is 18.9 Å². The number of urea groups is 1. The van der Waals surface area contributed by atoms with E-state index in [1.54, 1.807) is 11.6 Å². The summed E-state index contributed by atoms with van der Waals surface area (Å²) >= 11 is 0. The molecule has 15 nitrogen and oxygen atoms in total. The summed E-state index contributed by atoms with van der Waals surface area (Å²) in [5.74, 6) is -1.63. The number of rotatable bonds is 13. The van der Waals surface area contributed by atoms with Gasteiger partial charge in [-0.3, -0.25) is 14.8 Å². The van der Waals surface area contributed by atoms with Crippen LogP contribution in [0.1, 0.15) is 35.7 Å². The Morgan fingerprint density at radius 1 is 1.05 bits per heavy atom. The van der Waals surface area contributed by atoms with Crippen LogP contribution in [0.15, 0.2) is 47.6 Å². The summed E-state index contributed by atoms with van der Waals surface area (Å²) in [6.07, 6.45) is 1.43. The van der Waals surface area contributed by atoms with Gasteiger partial charge >= 0.3 is 18.0 Å². The van der Waals surface area contributed by atoms with Crippen molar-refractivity contribution in [2.75, 3.05) is 25.6 Å². The van der Waals surface area contributed by atoms with Crippen molar-refractivity contribution >= 4 is 33.9 Å². The van der Waals surface area contributed by atoms with E-state index < -0.39 is 33.0 Å². The van der Waals surface area contributed by atoms with Gasteiger partial charge in [0.15, 0.2) is 5.03 Å². The highest BCUT2D eigenvalue weighted by Gasteiger charge is 2.30. The van der Waals surface area contributed by atoms with Crippen molar-refractivity contribution in [1.29, 1.82) is 0 Å². The lowest BCUT2D eigenvalue weighted by molar-refractivity contribution is -0.145. The lowest BCUT2D eigenvalue weighted by Crippen LogP contribution is -2.36. The lowest BCUT2D eigenvalue weighted by Gasteiger charge is -2.11. The van der Waals surface area contributed by atoms with Crippen LogP contribution in [-0.2, 0) is 37.9 Å². The van der Waals surface area contributed by atoms with E-state index in [9.17, 15) is 22.8 Å². The van der Waals surface area contributed by atoms with Gasteiger partial charge in [-0.1, -0.05) is 30.3 Å². The minimum atomic E-state index is -4.56. The SMILES string of the molecule is CCOC(=O)c1cnn(C)c1S(=O)(=O)NC(=O)Nc1nc(OC)cc(OCCCC(=O)OCc2ccccc2)n1. The molecule has 0 saturated heterocycles. The maximum absolute atomic E-state index is 12.8. The zero-order valence-corrected chi connectivity index (χ0v) is 22.8. The highest BCUT2D eigenvalue weighted by atomic mass is 32.2. The molecule has 3 aromatic rings. The Hall–Kier alpha value is -4.73. The summed E-state index contributed by atoms with van der Waals surface area (Å²) in [7, 11) is -1.95. The molecular formula is C24H28N6O9S. The minimum Gasteiger partial charge on any atom is -0.481 e. The third kappa shape index (κ3) is 8.39. The molecule has 2 heterocycles. The first-order valence-electron chi connectivity index (χ1n) is 11.9. The molecule has 2 aromatic heterocycles. The largest absolute Gasteiger partial charge is 0.481 e. The molecule has 0 aliphatic heterocycles. The van der Waals surface area contributed by atoms with Crippen molar-refractivity contribution in [3.8, 4) is 11.8 Å². The molecule has 0 fully saturated rings. The molecule has 40 heavy (non-hydrogen) atoms. The number of benzene rings is 1. The molecule has 0 radical (unpaired) electrons.